The van der Waals surface area contributed by atoms with Gasteiger partial charge in [-0.2, -0.15) is 5.10 Å². The lowest BCUT2D eigenvalue weighted by Gasteiger charge is -2.28. The van der Waals surface area contributed by atoms with Crippen molar-refractivity contribution in [2.75, 3.05) is 26.2 Å². The van der Waals surface area contributed by atoms with Crippen LogP contribution >= 0.6 is 0 Å². The second-order valence-electron chi connectivity index (χ2n) is 9.68. The van der Waals surface area contributed by atoms with Crippen LogP contribution in [0.1, 0.15) is 56.3 Å². The van der Waals surface area contributed by atoms with E-state index in [0.717, 1.165) is 50.8 Å². The van der Waals surface area contributed by atoms with E-state index in [4.69, 9.17) is 4.98 Å². The van der Waals surface area contributed by atoms with Crippen molar-refractivity contribution in [1.29, 1.82) is 0 Å². The van der Waals surface area contributed by atoms with Gasteiger partial charge >= 0.3 is 0 Å². The molecule has 156 valence electrons. The summed E-state index contributed by atoms with van der Waals surface area (Å²) < 4.78 is 4.01. The fourth-order valence-electron chi connectivity index (χ4n) is 5.24. The molecule has 2 atom stereocenters. The molecular weight excluding hydrogens is 364 g/mol. The summed E-state index contributed by atoms with van der Waals surface area (Å²) in [4.78, 5) is 23.0. The van der Waals surface area contributed by atoms with Gasteiger partial charge in [0.25, 0.3) is 0 Å². The number of aromatic nitrogens is 4. The third-order valence-corrected chi connectivity index (χ3v) is 7.07. The Bertz CT molecular complexity index is 897. The lowest BCUT2D eigenvalue weighted by Crippen LogP contribution is -2.40. The summed E-state index contributed by atoms with van der Waals surface area (Å²) >= 11 is 0. The molecule has 5 rings (SSSR count). The topological polar surface area (TPSA) is 59.2 Å². The first-order valence-electron chi connectivity index (χ1n) is 11.0. The van der Waals surface area contributed by atoms with Crippen LogP contribution in [0.25, 0.3) is 0 Å². The van der Waals surface area contributed by atoms with E-state index < -0.39 is 0 Å². The van der Waals surface area contributed by atoms with Crippen LogP contribution < -0.4 is 0 Å². The van der Waals surface area contributed by atoms with Crippen LogP contribution in [0.5, 0.6) is 0 Å². The summed E-state index contributed by atoms with van der Waals surface area (Å²) in [5.74, 6) is 1.26. The lowest BCUT2D eigenvalue weighted by molar-refractivity contribution is -0.136. The molecule has 3 aliphatic rings. The van der Waals surface area contributed by atoms with Crippen molar-refractivity contribution < 1.29 is 4.79 Å². The Kier molecular flexibility index (Phi) is 4.53. The molecule has 0 N–H and O–H groups in total. The van der Waals surface area contributed by atoms with Gasteiger partial charge in [0.1, 0.15) is 0 Å². The van der Waals surface area contributed by atoms with Gasteiger partial charge in [-0.15, -0.1) is 0 Å². The Labute approximate surface area is 172 Å². The van der Waals surface area contributed by atoms with E-state index in [1.807, 2.05) is 24.3 Å². The van der Waals surface area contributed by atoms with Crippen LogP contribution in [0.4, 0.5) is 0 Å². The van der Waals surface area contributed by atoms with Gasteiger partial charge in [0.15, 0.2) is 0 Å². The van der Waals surface area contributed by atoms with E-state index in [-0.39, 0.29) is 11.3 Å². The molecular formula is C22H32N6O. The van der Waals surface area contributed by atoms with Crippen LogP contribution in [-0.2, 0) is 18.4 Å². The van der Waals surface area contributed by atoms with E-state index in [9.17, 15) is 4.79 Å². The molecule has 4 heterocycles. The summed E-state index contributed by atoms with van der Waals surface area (Å²) in [6, 6.07) is 0.380. The Balaban J connectivity index is 1.43. The minimum absolute atomic E-state index is 0.163. The number of likely N-dealkylation sites (tertiary alicyclic amines) is 2. The first-order valence-corrected chi connectivity index (χ1v) is 11.0. The van der Waals surface area contributed by atoms with Gasteiger partial charge in [0, 0.05) is 69.7 Å². The van der Waals surface area contributed by atoms with E-state index >= 15 is 0 Å². The van der Waals surface area contributed by atoms with E-state index in [1.54, 1.807) is 0 Å². The first kappa shape index (κ1) is 18.9. The van der Waals surface area contributed by atoms with Crippen molar-refractivity contribution in [3.8, 4) is 0 Å². The third-order valence-electron chi connectivity index (χ3n) is 7.07. The van der Waals surface area contributed by atoms with Crippen molar-refractivity contribution in [1.82, 2.24) is 29.1 Å². The highest BCUT2D eigenvalue weighted by atomic mass is 16.2. The SMILES string of the molecule is CC(C)n1cnc([C@@H]2CN(Cc3cnn(C)c3)C[C@]23CCN(CC2CC2)C3=O)c1. The molecule has 7 nitrogen and oxygen atoms in total. The fourth-order valence-corrected chi connectivity index (χ4v) is 5.24. The van der Waals surface area contributed by atoms with Gasteiger partial charge in [0.05, 0.1) is 23.6 Å². The average molecular weight is 397 g/mol. The molecule has 1 amide bonds. The Morgan fingerprint density at radius 2 is 2.10 bits per heavy atom. The predicted octanol–water partition coefficient (Wildman–Crippen LogP) is 2.43. The molecule has 0 radical (unpaired) electrons. The molecule has 0 unspecified atom stereocenters. The van der Waals surface area contributed by atoms with Crippen LogP contribution in [-0.4, -0.2) is 61.2 Å². The Hall–Kier alpha value is -2.15. The molecule has 29 heavy (non-hydrogen) atoms. The highest BCUT2D eigenvalue weighted by Gasteiger charge is 2.58. The van der Waals surface area contributed by atoms with Crippen LogP contribution in [0.2, 0.25) is 0 Å². The molecule has 3 fully saturated rings. The Morgan fingerprint density at radius 1 is 1.28 bits per heavy atom. The summed E-state index contributed by atoms with van der Waals surface area (Å²) in [7, 11) is 1.95. The van der Waals surface area contributed by atoms with Gasteiger partial charge in [-0.3, -0.25) is 14.4 Å². The van der Waals surface area contributed by atoms with Gasteiger partial charge in [-0.05, 0) is 39.0 Å². The summed E-state index contributed by atoms with van der Waals surface area (Å²) in [5, 5.41) is 4.31. The van der Waals surface area contributed by atoms with Crippen molar-refractivity contribution in [3.05, 3.63) is 36.2 Å². The molecule has 0 bridgehead atoms. The second-order valence-corrected chi connectivity index (χ2v) is 9.68. The molecule has 1 spiro atoms. The van der Waals surface area contributed by atoms with Crippen molar-refractivity contribution in [2.45, 2.75) is 51.6 Å². The predicted molar refractivity (Wildman–Crippen MR) is 110 cm³/mol. The number of rotatable bonds is 6. The number of hydrogen-bond acceptors (Lipinski definition) is 4. The largest absolute Gasteiger partial charge is 0.342 e. The molecule has 2 aromatic rings. The van der Waals surface area contributed by atoms with Crippen LogP contribution in [0, 0.1) is 11.3 Å². The third kappa shape index (κ3) is 3.39. The number of aryl methyl sites for hydroxylation is 1. The number of carbonyl (C=O) groups is 1. The number of amides is 1. The van der Waals surface area contributed by atoms with E-state index in [2.05, 4.69) is 45.7 Å². The minimum atomic E-state index is -0.326. The molecule has 7 heteroatoms. The molecule has 2 aliphatic heterocycles. The van der Waals surface area contributed by atoms with Gasteiger partial charge in [-0.1, -0.05) is 0 Å². The molecule has 0 aromatic carbocycles. The zero-order valence-electron chi connectivity index (χ0n) is 17.8. The minimum Gasteiger partial charge on any atom is -0.342 e. The van der Waals surface area contributed by atoms with E-state index in [1.165, 1.54) is 18.4 Å². The van der Waals surface area contributed by atoms with Crippen LogP contribution in [0.3, 0.4) is 0 Å². The highest BCUT2D eigenvalue weighted by Crippen LogP contribution is 2.50. The zero-order chi connectivity index (χ0) is 20.2. The standard InChI is InChI=1S/C22H32N6O/c1-16(2)28-13-20(23-15-28)19-12-26(10-18-8-24-25(3)9-18)14-22(19)6-7-27(21(22)29)11-17-4-5-17/h8-9,13,15-17,19H,4-7,10-12,14H2,1-3H3/t19-,22+/m0/s1. The maximum Gasteiger partial charge on any atom is 0.230 e. The number of imidazole rings is 1. The second kappa shape index (κ2) is 6.97. The van der Waals surface area contributed by atoms with Gasteiger partial charge < -0.3 is 9.47 Å². The lowest BCUT2D eigenvalue weighted by atomic mass is 9.75. The quantitative estimate of drug-likeness (QED) is 0.752. The van der Waals surface area contributed by atoms with Crippen molar-refractivity contribution in [2.24, 2.45) is 18.4 Å². The number of nitrogens with zero attached hydrogens (tertiary/aromatic N) is 6. The summed E-state index contributed by atoms with van der Waals surface area (Å²) in [6.07, 6.45) is 11.6. The maximum atomic E-state index is 13.7. The zero-order valence-corrected chi connectivity index (χ0v) is 17.8. The smallest absolute Gasteiger partial charge is 0.230 e. The Morgan fingerprint density at radius 3 is 2.76 bits per heavy atom. The molecule has 1 aliphatic carbocycles. The maximum absolute atomic E-state index is 13.7. The average Bonchev–Trinajstić information content (AvgIpc) is 3.02. The number of carbonyl (C=O) groups excluding carboxylic acids is 1. The molecule has 1 saturated carbocycles. The summed E-state index contributed by atoms with van der Waals surface area (Å²) in [6.45, 7) is 8.74. The molecule has 2 saturated heterocycles. The first-order chi connectivity index (χ1) is 13.9. The fraction of sp³-hybridized carbons (Fsp3) is 0.682. The van der Waals surface area contributed by atoms with Gasteiger partial charge in [0.2, 0.25) is 5.91 Å². The monoisotopic (exact) mass is 396 g/mol. The van der Waals surface area contributed by atoms with Crippen molar-refractivity contribution in [3.63, 3.8) is 0 Å². The van der Waals surface area contributed by atoms with Crippen molar-refractivity contribution >= 4 is 5.91 Å². The van der Waals surface area contributed by atoms with Crippen LogP contribution in [0.15, 0.2) is 24.9 Å². The molecule has 2 aromatic heterocycles. The number of hydrogen-bond donors (Lipinski definition) is 0. The van der Waals surface area contributed by atoms with Gasteiger partial charge in [-0.25, -0.2) is 4.98 Å². The summed E-state index contributed by atoms with van der Waals surface area (Å²) in [5.41, 5.74) is 1.96. The normalized spacial score (nSPS) is 27.8. The highest BCUT2D eigenvalue weighted by molar-refractivity contribution is 5.86. The van der Waals surface area contributed by atoms with E-state index in [0.29, 0.717) is 11.9 Å².